The number of carbonyl (C=O) groups excluding carboxylic acids is 3. The van der Waals surface area contributed by atoms with Crippen molar-refractivity contribution in [1.82, 2.24) is 0 Å². The molecule has 2 N–H and O–H groups in total. The highest BCUT2D eigenvalue weighted by atomic mass is 31.2. The molecule has 0 spiro atoms. The molecule has 0 aromatic carbocycles. The summed E-state index contributed by atoms with van der Waals surface area (Å²) in [4.78, 5) is 48.4. The van der Waals surface area contributed by atoms with E-state index in [9.17, 15) is 28.9 Å². The molecule has 0 fully saturated rings. The van der Waals surface area contributed by atoms with Gasteiger partial charge in [0.15, 0.2) is 6.10 Å². The fraction of sp³-hybridized carbons (Fsp3) is 0.629. The van der Waals surface area contributed by atoms with Crippen LogP contribution in [0.5, 0.6) is 0 Å². The third-order valence-corrected chi connectivity index (χ3v) is 12.3. The molecular weight excluding hydrogens is 952 g/mol. The van der Waals surface area contributed by atoms with E-state index in [1.165, 1.54) is 38.5 Å². The Morgan fingerprint density at radius 2 is 0.757 bits per heavy atom. The Labute approximate surface area is 449 Å². The summed E-state index contributed by atoms with van der Waals surface area (Å²) in [7, 11) is -4.79. The van der Waals surface area contributed by atoms with Crippen molar-refractivity contribution in [1.29, 1.82) is 0 Å². The van der Waals surface area contributed by atoms with E-state index in [2.05, 4.69) is 118 Å². The van der Waals surface area contributed by atoms with Crippen LogP contribution in [0.2, 0.25) is 0 Å². The van der Waals surface area contributed by atoms with Gasteiger partial charge in [-0.2, -0.15) is 0 Å². The molecule has 11 nitrogen and oxygen atoms in total. The van der Waals surface area contributed by atoms with Gasteiger partial charge >= 0.3 is 25.7 Å². The molecule has 0 aromatic heterocycles. The van der Waals surface area contributed by atoms with Crippen molar-refractivity contribution >= 4 is 25.7 Å². The number of aliphatic hydroxyl groups is 1. The minimum atomic E-state index is -4.79. The molecule has 0 aromatic rings. The van der Waals surface area contributed by atoms with Gasteiger partial charge in [-0.1, -0.05) is 206 Å². The van der Waals surface area contributed by atoms with Gasteiger partial charge in [0.05, 0.1) is 26.2 Å². The summed E-state index contributed by atoms with van der Waals surface area (Å²) in [6.45, 7) is 4.25. The number of esters is 3. The topological polar surface area (TPSA) is 155 Å². The van der Waals surface area contributed by atoms with Crippen LogP contribution in [0.1, 0.15) is 213 Å². The minimum absolute atomic E-state index is 0.0767. The van der Waals surface area contributed by atoms with Crippen molar-refractivity contribution in [2.75, 3.05) is 26.4 Å². The van der Waals surface area contributed by atoms with Gasteiger partial charge in [-0.25, -0.2) is 4.57 Å². The lowest BCUT2D eigenvalue weighted by Crippen LogP contribution is -2.30. The van der Waals surface area contributed by atoms with Crippen LogP contribution in [0.4, 0.5) is 0 Å². The Bertz CT molecular complexity index is 1700. The average Bonchev–Trinajstić information content (AvgIpc) is 3.39. The largest absolute Gasteiger partial charge is 0.472 e. The highest BCUT2D eigenvalue weighted by Gasteiger charge is 2.28. The first-order valence-corrected chi connectivity index (χ1v) is 29.9. The monoisotopic (exact) mass is 1050 g/mol. The first-order chi connectivity index (χ1) is 36.2. The Morgan fingerprint density at radius 1 is 0.405 bits per heavy atom. The number of allylic oxidation sites excluding steroid dienone is 19. The molecule has 0 radical (unpaired) electrons. The molecule has 12 heteroatoms. The van der Waals surface area contributed by atoms with Crippen LogP contribution in [-0.2, 0) is 42.2 Å². The SMILES string of the molecule is CC/C=C\C/C=C\C/C=C\C/C=C\C/C=C\CC(=O)OC(COC(=O)CCCCCC/C=C\C/C=C\C/C=C\C/C=C\CC)COP(=O)(O)OCC(CO)OC(=O)CCCCCCC/C=C\CCCCCCCC. The lowest BCUT2D eigenvalue weighted by molar-refractivity contribution is -0.160. The van der Waals surface area contributed by atoms with Crippen LogP contribution in [0.3, 0.4) is 0 Å². The molecule has 3 atom stereocenters. The van der Waals surface area contributed by atoms with Crippen LogP contribution in [0, 0.1) is 0 Å². The van der Waals surface area contributed by atoms with E-state index >= 15 is 0 Å². The van der Waals surface area contributed by atoms with Crippen molar-refractivity contribution in [2.45, 2.75) is 226 Å². The van der Waals surface area contributed by atoms with Crippen LogP contribution >= 0.6 is 7.82 Å². The van der Waals surface area contributed by atoms with Crippen LogP contribution in [-0.4, -0.2) is 66.5 Å². The third kappa shape index (κ3) is 52.7. The van der Waals surface area contributed by atoms with Gasteiger partial charge < -0.3 is 24.2 Å². The lowest BCUT2D eigenvalue weighted by Gasteiger charge is -2.21. The smallest absolute Gasteiger partial charge is 0.462 e. The molecular formula is C62H101O11P. The van der Waals surface area contributed by atoms with Crippen LogP contribution in [0.25, 0.3) is 0 Å². The summed E-state index contributed by atoms with van der Waals surface area (Å²) in [5.41, 5.74) is 0. The Balaban J connectivity index is 4.88. The molecule has 0 aliphatic rings. The summed E-state index contributed by atoms with van der Waals surface area (Å²) in [6, 6.07) is 0. The molecule has 0 heterocycles. The highest BCUT2D eigenvalue weighted by Crippen LogP contribution is 2.43. The Morgan fingerprint density at radius 3 is 1.20 bits per heavy atom. The number of ether oxygens (including phenoxy) is 3. The third-order valence-electron chi connectivity index (χ3n) is 11.4. The molecule has 0 saturated heterocycles. The number of carbonyl (C=O) groups is 3. The van der Waals surface area contributed by atoms with Gasteiger partial charge in [-0.3, -0.25) is 23.4 Å². The van der Waals surface area contributed by atoms with Gasteiger partial charge in [0, 0.05) is 12.8 Å². The Kier molecular flexibility index (Phi) is 52.1. The zero-order chi connectivity index (χ0) is 54.1. The van der Waals surface area contributed by atoms with E-state index in [1.807, 2.05) is 18.2 Å². The van der Waals surface area contributed by atoms with Gasteiger partial charge in [-0.15, -0.1) is 0 Å². The molecule has 74 heavy (non-hydrogen) atoms. The van der Waals surface area contributed by atoms with Gasteiger partial charge in [0.25, 0.3) is 0 Å². The second-order valence-electron chi connectivity index (χ2n) is 18.3. The fourth-order valence-corrected chi connectivity index (χ4v) is 7.91. The summed E-state index contributed by atoms with van der Waals surface area (Å²) in [6.07, 6.45) is 67.6. The maximum atomic E-state index is 12.9. The zero-order valence-corrected chi connectivity index (χ0v) is 47.2. The van der Waals surface area contributed by atoms with Gasteiger partial charge in [-0.05, 0) is 109 Å². The number of hydrogen-bond acceptors (Lipinski definition) is 10. The summed E-state index contributed by atoms with van der Waals surface area (Å²) in [5, 5.41) is 9.81. The molecule has 420 valence electrons. The van der Waals surface area contributed by atoms with E-state index < -0.39 is 64.4 Å². The summed E-state index contributed by atoms with van der Waals surface area (Å²) in [5.74, 6) is -1.67. The maximum absolute atomic E-state index is 12.9. The summed E-state index contributed by atoms with van der Waals surface area (Å²) >= 11 is 0. The number of hydrogen-bond donors (Lipinski definition) is 2. The first-order valence-electron chi connectivity index (χ1n) is 28.4. The standard InChI is InChI=1S/C62H101O11P/c1-4-7-10-13-16-19-22-25-28-29-32-33-36-39-42-45-48-51-60(64)69-55-59(73-62(66)53-50-47-44-41-38-35-31-27-24-21-18-15-12-9-6-3)57-71-74(67,68)70-56-58(54-63)72-61(65)52-49-46-43-40-37-34-30-26-23-20-17-14-11-8-5-2/h7,9-10,12,16,18-19,21,25-28,30-33,38,41,47,50,58-59,63H,4-6,8,11,13-15,17,20,22-24,29,34-37,39-40,42-46,48-49,51-57H2,1-3H3,(H,67,68)/b10-7-,12-9-,19-16-,21-18-,28-25-,30-26-,31-27-,33-32-,41-38-,50-47-. The number of phosphoric ester groups is 1. The van der Waals surface area contributed by atoms with E-state index in [0.29, 0.717) is 19.3 Å². The highest BCUT2D eigenvalue weighted by molar-refractivity contribution is 7.47. The van der Waals surface area contributed by atoms with Gasteiger partial charge in [0.1, 0.15) is 12.7 Å². The predicted molar refractivity (Wildman–Crippen MR) is 306 cm³/mol. The summed E-state index contributed by atoms with van der Waals surface area (Å²) < 4.78 is 39.3. The van der Waals surface area contributed by atoms with E-state index in [-0.39, 0.29) is 19.3 Å². The van der Waals surface area contributed by atoms with Crippen LogP contribution in [0.15, 0.2) is 122 Å². The van der Waals surface area contributed by atoms with E-state index in [0.717, 1.165) is 116 Å². The maximum Gasteiger partial charge on any atom is 0.472 e. The van der Waals surface area contributed by atoms with Crippen LogP contribution < -0.4 is 0 Å². The molecule has 0 saturated carbocycles. The van der Waals surface area contributed by atoms with Crippen molar-refractivity contribution in [2.24, 2.45) is 0 Å². The normalized spacial score (nSPS) is 14.3. The zero-order valence-electron chi connectivity index (χ0n) is 46.3. The second-order valence-corrected chi connectivity index (χ2v) is 19.8. The van der Waals surface area contributed by atoms with E-state index in [4.69, 9.17) is 23.3 Å². The minimum Gasteiger partial charge on any atom is -0.462 e. The lowest BCUT2D eigenvalue weighted by atomic mass is 10.1. The number of phosphoric acid groups is 1. The molecule has 3 unspecified atom stereocenters. The Hall–Kier alpha value is -4.12. The van der Waals surface area contributed by atoms with Crippen molar-refractivity contribution in [3.05, 3.63) is 122 Å². The first kappa shape index (κ1) is 69.9. The fourth-order valence-electron chi connectivity index (χ4n) is 7.12. The quantitative estimate of drug-likeness (QED) is 0.0197. The van der Waals surface area contributed by atoms with Crippen molar-refractivity contribution in [3.63, 3.8) is 0 Å². The molecule has 0 aliphatic heterocycles. The van der Waals surface area contributed by atoms with E-state index in [1.54, 1.807) is 6.08 Å². The predicted octanol–water partition coefficient (Wildman–Crippen LogP) is 16.8. The average molecular weight is 1050 g/mol. The number of unbranched alkanes of at least 4 members (excludes halogenated alkanes) is 15. The number of rotatable bonds is 51. The molecule has 0 amide bonds. The second kappa shape index (κ2) is 55.1. The van der Waals surface area contributed by atoms with Gasteiger partial charge in [0.2, 0.25) is 0 Å². The number of aliphatic hydroxyl groups excluding tert-OH is 1. The van der Waals surface area contributed by atoms with Crippen molar-refractivity contribution in [3.8, 4) is 0 Å². The molecule has 0 bridgehead atoms. The molecule has 0 aliphatic carbocycles. The molecule has 0 rings (SSSR count). The van der Waals surface area contributed by atoms with Crippen molar-refractivity contribution < 1.29 is 52.2 Å².